The normalized spacial score (nSPS) is 14.8. The van der Waals surface area contributed by atoms with Crippen molar-refractivity contribution in [3.63, 3.8) is 0 Å². The second-order valence-electron chi connectivity index (χ2n) is 5.25. The number of rotatable bonds is 1. The van der Waals surface area contributed by atoms with Gasteiger partial charge in [-0.05, 0) is 18.2 Å². The van der Waals surface area contributed by atoms with Crippen LogP contribution in [0.4, 0.5) is 23.2 Å². The van der Waals surface area contributed by atoms with Crippen LogP contribution in [0.1, 0.15) is 0 Å². The van der Waals surface area contributed by atoms with Gasteiger partial charge in [0.1, 0.15) is 5.82 Å². The van der Waals surface area contributed by atoms with Gasteiger partial charge < -0.3 is 20.3 Å². The maximum atomic E-state index is 13.4. The molecule has 136 valence electrons. The average molecular weight is 361 g/mol. The highest BCUT2D eigenvalue weighted by Gasteiger charge is 2.38. The van der Waals surface area contributed by atoms with Crippen molar-refractivity contribution in [2.75, 3.05) is 31.1 Å². The van der Waals surface area contributed by atoms with Crippen LogP contribution in [-0.4, -0.2) is 48.4 Å². The van der Waals surface area contributed by atoms with E-state index >= 15 is 0 Å². The Morgan fingerprint density at radius 3 is 2.32 bits per heavy atom. The van der Waals surface area contributed by atoms with E-state index in [0.717, 1.165) is 37.3 Å². The number of piperazine rings is 1. The average Bonchev–Trinajstić information content (AvgIpc) is 2.55. The number of nitrogens with one attached hydrogen (secondary N) is 2. The molecule has 0 saturated carbocycles. The minimum Gasteiger partial charge on any atom is -0.475 e. The number of aromatic amines is 1. The van der Waals surface area contributed by atoms with Crippen LogP contribution >= 0.6 is 0 Å². The topological polar surface area (TPSA) is 85.4 Å². The molecule has 1 fully saturated rings. The lowest BCUT2D eigenvalue weighted by Gasteiger charge is -2.30. The Morgan fingerprint density at radius 2 is 1.76 bits per heavy atom. The van der Waals surface area contributed by atoms with Gasteiger partial charge >= 0.3 is 12.1 Å². The van der Waals surface area contributed by atoms with E-state index in [1.807, 2.05) is 0 Å². The summed E-state index contributed by atoms with van der Waals surface area (Å²) in [6, 6.07) is 5.99. The van der Waals surface area contributed by atoms with E-state index in [4.69, 9.17) is 9.90 Å². The summed E-state index contributed by atoms with van der Waals surface area (Å²) in [6.07, 6.45) is -5.08. The number of aliphatic carboxylic acids is 1. The van der Waals surface area contributed by atoms with E-state index in [2.05, 4.69) is 15.2 Å². The van der Waals surface area contributed by atoms with Crippen molar-refractivity contribution < 1.29 is 27.5 Å². The predicted molar refractivity (Wildman–Crippen MR) is 83.3 cm³/mol. The van der Waals surface area contributed by atoms with Crippen LogP contribution in [0.2, 0.25) is 0 Å². The number of halogens is 4. The van der Waals surface area contributed by atoms with Crippen molar-refractivity contribution in [1.82, 2.24) is 10.3 Å². The number of fused-ring (bicyclic) bond motifs is 1. The summed E-state index contributed by atoms with van der Waals surface area (Å²) in [7, 11) is 0. The van der Waals surface area contributed by atoms with E-state index < -0.39 is 12.1 Å². The Kier molecular flexibility index (Phi) is 5.62. The lowest BCUT2D eigenvalue weighted by molar-refractivity contribution is -0.192. The number of carbonyl (C=O) groups is 1. The summed E-state index contributed by atoms with van der Waals surface area (Å²) in [5.41, 5.74) is 1.34. The number of alkyl halides is 3. The number of pyridine rings is 1. The van der Waals surface area contributed by atoms with Crippen LogP contribution in [0.25, 0.3) is 10.9 Å². The highest BCUT2D eigenvalue weighted by Crippen LogP contribution is 2.24. The number of aromatic nitrogens is 1. The summed E-state index contributed by atoms with van der Waals surface area (Å²) in [5, 5.41) is 11.1. The Hall–Kier alpha value is -2.62. The van der Waals surface area contributed by atoms with Crippen molar-refractivity contribution >= 4 is 22.6 Å². The third-order valence-corrected chi connectivity index (χ3v) is 3.48. The molecule has 0 spiro atoms. The molecule has 1 aromatic carbocycles. The maximum Gasteiger partial charge on any atom is 0.490 e. The monoisotopic (exact) mass is 361 g/mol. The molecule has 10 heteroatoms. The minimum absolute atomic E-state index is 0.150. The van der Waals surface area contributed by atoms with Crippen LogP contribution in [0.5, 0.6) is 0 Å². The first-order valence-electron chi connectivity index (χ1n) is 7.27. The molecule has 25 heavy (non-hydrogen) atoms. The van der Waals surface area contributed by atoms with Gasteiger partial charge in [0, 0.05) is 37.6 Å². The molecule has 0 atom stereocenters. The molecule has 1 aliphatic rings. The molecular weight excluding hydrogens is 346 g/mol. The third-order valence-electron chi connectivity index (χ3n) is 3.48. The van der Waals surface area contributed by atoms with Crippen molar-refractivity contribution in [2.45, 2.75) is 6.18 Å². The van der Waals surface area contributed by atoms with Gasteiger partial charge in [-0.1, -0.05) is 0 Å². The Balaban J connectivity index is 0.000000277. The lowest BCUT2D eigenvalue weighted by atomic mass is 10.1. The number of H-pyrrole nitrogens is 1. The van der Waals surface area contributed by atoms with Gasteiger partial charge in [0.25, 0.3) is 0 Å². The second kappa shape index (κ2) is 7.51. The lowest BCUT2D eigenvalue weighted by Crippen LogP contribution is -2.43. The third kappa shape index (κ3) is 4.92. The zero-order valence-electron chi connectivity index (χ0n) is 12.9. The van der Waals surface area contributed by atoms with Crippen molar-refractivity contribution in [1.29, 1.82) is 0 Å². The maximum absolute atomic E-state index is 13.4. The number of hydrogen-bond acceptors (Lipinski definition) is 4. The standard InChI is InChI=1S/C13H14FN3O.C2HF3O2/c14-9-1-2-11-10(7-9)12(8-13(18)16-11)17-5-3-15-4-6-17;3-2(4,5)1(6)7/h1-2,7-8,15H,3-6H2,(H,16,18);(H,6,7). The van der Waals surface area contributed by atoms with Crippen LogP contribution < -0.4 is 15.8 Å². The van der Waals surface area contributed by atoms with E-state index in [1.165, 1.54) is 12.1 Å². The molecule has 1 aromatic heterocycles. The zero-order chi connectivity index (χ0) is 18.6. The molecule has 1 saturated heterocycles. The summed E-state index contributed by atoms with van der Waals surface area (Å²) in [4.78, 5) is 25.4. The van der Waals surface area contributed by atoms with E-state index in [0.29, 0.717) is 5.52 Å². The van der Waals surface area contributed by atoms with Gasteiger partial charge in [-0.15, -0.1) is 0 Å². The Morgan fingerprint density at radius 1 is 1.16 bits per heavy atom. The molecule has 3 N–H and O–H groups in total. The van der Waals surface area contributed by atoms with Gasteiger partial charge in [-0.3, -0.25) is 4.79 Å². The molecule has 0 radical (unpaired) electrons. The molecule has 0 aliphatic carbocycles. The SMILES string of the molecule is O=C(O)C(F)(F)F.O=c1cc(N2CCNCC2)c2cc(F)ccc2[nH]1. The number of carboxylic acid groups (broad SMARTS) is 1. The molecule has 0 unspecified atom stereocenters. The fraction of sp³-hybridized carbons (Fsp3) is 0.333. The fourth-order valence-corrected chi connectivity index (χ4v) is 2.38. The molecule has 2 aromatic rings. The van der Waals surface area contributed by atoms with E-state index in [9.17, 15) is 22.4 Å². The Bertz CT molecular complexity index is 814. The summed E-state index contributed by atoms with van der Waals surface area (Å²) in [5.74, 6) is -3.04. The van der Waals surface area contributed by atoms with Gasteiger partial charge in [0.05, 0.1) is 11.2 Å². The fourth-order valence-electron chi connectivity index (χ4n) is 2.38. The van der Waals surface area contributed by atoms with Crippen molar-refractivity contribution in [3.05, 3.63) is 40.4 Å². The van der Waals surface area contributed by atoms with Crippen LogP contribution in [-0.2, 0) is 4.79 Å². The quantitative estimate of drug-likeness (QED) is 0.674. The van der Waals surface area contributed by atoms with Gasteiger partial charge in [-0.2, -0.15) is 13.2 Å². The molecule has 3 rings (SSSR count). The molecule has 0 bridgehead atoms. The second-order valence-corrected chi connectivity index (χ2v) is 5.25. The van der Waals surface area contributed by atoms with Crippen molar-refractivity contribution in [3.8, 4) is 0 Å². The highest BCUT2D eigenvalue weighted by atomic mass is 19.4. The number of carboxylic acids is 1. The van der Waals surface area contributed by atoms with Gasteiger partial charge in [0.15, 0.2) is 0 Å². The number of nitrogens with zero attached hydrogens (tertiary/aromatic N) is 1. The van der Waals surface area contributed by atoms with E-state index in [1.54, 1.807) is 12.1 Å². The van der Waals surface area contributed by atoms with Gasteiger partial charge in [-0.25, -0.2) is 9.18 Å². The first-order chi connectivity index (χ1) is 11.7. The van der Waals surface area contributed by atoms with E-state index in [-0.39, 0.29) is 11.4 Å². The molecule has 1 aliphatic heterocycles. The molecule has 2 heterocycles. The highest BCUT2D eigenvalue weighted by molar-refractivity contribution is 5.91. The Labute approximate surface area is 139 Å². The number of benzene rings is 1. The van der Waals surface area contributed by atoms with Crippen LogP contribution in [0.3, 0.4) is 0 Å². The smallest absolute Gasteiger partial charge is 0.475 e. The molecule has 6 nitrogen and oxygen atoms in total. The molecule has 0 amide bonds. The first-order valence-corrected chi connectivity index (χ1v) is 7.27. The summed E-state index contributed by atoms with van der Waals surface area (Å²) in [6.45, 7) is 3.41. The zero-order valence-corrected chi connectivity index (χ0v) is 12.9. The van der Waals surface area contributed by atoms with Crippen LogP contribution in [0.15, 0.2) is 29.1 Å². The number of hydrogen-bond donors (Lipinski definition) is 3. The summed E-state index contributed by atoms with van der Waals surface area (Å²) >= 11 is 0. The predicted octanol–water partition coefficient (Wildman–Crippen LogP) is 1.71. The molecular formula is C15H15F4N3O3. The number of anilines is 1. The van der Waals surface area contributed by atoms with Gasteiger partial charge in [0.2, 0.25) is 5.56 Å². The van der Waals surface area contributed by atoms with Crippen LogP contribution in [0, 0.1) is 5.82 Å². The first kappa shape index (κ1) is 18.7. The minimum atomic E-state index is -5.08. The summed E-state index contributed by atoms with van der Waals surface area (Å²) < 4.78 is 45.1. The largest absolute Gasteiger partial charge is 0.490 e. The van der Waals surface area contributed by atoms with Crippen molar-refractivity contribution in [2.24, 2.45) is 0 Å².